The number of hydrogen-bond donors (Lipinski definition) is 0. The lowest BCUT2D eigenvalue weighted by Crippen LogP contribution is -2.35. The van der Waals surface area contributed by atoms with E-state index >= 15 is 0 Å². The molecule has 2 atom stereocenters. The molecule has 0 aliphatic heterocycles. The van der Waals surface area contributed by atoms with Gasteiger partial charge in [0.25, 0.3) is 0 Å². The Labute approximate surface area is 150 Å². The Morgan fingerprint density at radius 2 is 1.25 bits per heavy atom. The first-order chi connectivity index (χ1) is 11.4. The first-order valence-corrected chi connectivity index (χ1v) is 10.2. The van der Waals surface area contributed by atoms with Crippen molar-refractivity contribution < 1.29 is 14.3 Å². The largest absolute Gasteiger partial charge is 0.508 e. The molecule has 0 amide bonds. The van der Waals surface area contributed by atoms with Gasteiger partial charge in [0, 0.05) is 5.41 Å². The van der Waals surface area contributed by atoms with Crippen LogP contribution in [0.1, 0.15) is 112 Å². The molecule has 24 heavy (non-hydrogen) atoms. The highest BCUT2D eigenvalue weighted by Gasteiger charge is 2.33. The Morgan fingerprint density at radius 1 is 0.792 bits per heavy atom. The van der Waals surface area contributed by atoms with Gasteiger partial charge in [-0.05, 0) is 33.6 Å². The Morgan fingerprint density at radius 3 is 1.71 bits per heavy atom. The summed E-state index contributed by atoms with van der Waals surface area (Å²) in [4.78, 5) is 11.9. The van der Waals surface area contributed by atoms with Gasteiger partial charge < -0.3 is 9.47 Å². The van der Waals surface area contributed by atoms with E-state index in [0.717, 1.165) is 12.8 Å². The molecule has 144 valence electrons. The van der Waals surface area contributed by atoms with Gasteiger partial charge in [-0.1, -0.05) is 78.6 Å². The number of carbonyl (C=O) groups is 1. The number of ether oxygens (including phenoxy) is 2. The summed E-state index contributed by atoms with van der Waals surface area (Å²) in [7, 11) is 0. The Hall–Kier alpha value is -0.730. The third-order valence-electron chi connectivity index (χ3n) is 5.04. The van der Waals surface area contributed by atoms with Crippen LogP contribution >= 0.6 is 0 Å². The molecule has 0 saturated heterocycles. The molecular formula is C21H42O3. The SMILES string of the molecule is CCCCCCCC(C)(CCCCCC)C(C)OC(=O)OC(C)C. The van der Waals surface area contributed by atoms with Crippen molar-refractivity contribution >= 4 is 6.16 Å². The van der Waals surface area contributed by atoms with Crippen LogP contribution in [0, 0.1) is 5.41 Å². The summed E-state index contributed by atoms with van der Waals surface area (Å²) in [6, 6.07) is 0. The molecule has 0 heterocycles. The van der Waals surface area contributed by atoms with Gasteiger partial charge in [0.2, 0.25) is 0 Å². The molecule has 0 N–H and O–H groups in total. The third kappa shape index (κ3) is 10.9. The van der Waals surface area contributed by atoms with Gasteiger partial charge in [-0.15, -0.1) is 0 Å². The fourth-order valence-corrected chi connectivity index (χ4v) is 3.13. The number of hydrogen-bond acceptors (Lipinski definition) is 3. The Balaban J connectivity index is 4.53. The summed E-state index contributed by atoms with van der Waals surface area (Å²) in [6.45, 7) is 12.5. The zero-order valence-electron chi connectivity index (χ0n) is 17.2. The fourth-order valence-electron chi connectivity index (χ4n) is 3.13. The van der Waals surface area contributed by atoms with Crippen LogP contribution in [0.25, 0.3) is 0 Å². The average Bonchev–Trinajstić information content (AvgIpc) is 2.50. The van der Waals surface area contributed by atoms with Crippen molar-refractivity contribution in [1.29, 1.82) is 0 Å². The van der Waals surface area contributed by atoms with E-state index in [4.69, 9.17) is 9.47 Å². The number of rotatable bonds is 14. The second kappa shape index (κ2) is 13.5. The summed E-state index contributed by atoms with van der Waals surface area (Å²) >= 11 is 0. The van der Waals surface area contributed by atoms with Gasteiger partial charge >= 0.3 is 6.16 Å². The van der Waals surface area contributed by atoms with Crippen molar-refractivity contribution in [2.24, 2.45) is 5.41 Å². The minimum absolute atomic E-state index is 0.0515. The van der Waals surface area contributed by atoms with Crippen LogP contribution in [0.5, 0.6) is 0 Å². The molecule has 0 saturated carbocycles. The quantitative estimate of drug-likeness (QED) is 0.246. The molecule has 0 aliphatic carbocycles. The Bertz CT molecular complexity index is 314. The monoisotopic (exact) mass is 342 g/mol. The van der Waals surface area contributed by atoms with Gasteiger partial charge in [-0.2, -0.15) is 0 Å². The molecule has 0 aromatic carbocycles. The van der Waals surface area contributed by atoms with Crippen LogP contribution in [-0.4, -0.2) is 18.4 Å². The average molecular weight is 343 g/mol. The maximum absolute atomic E-state index is 11.9. The molecule has 0 spiro atoms. The highest BCUT2D eigenvalue weighted by atomic mass is 16.7. The van der Waals surface area contributed by atoms with Crippen LogP contribution < -0.4 is 0 Å². The highest BCUT2D eigenvalue weighted by Crippen LogP contribution is 2.36. The molecule has 0 radical (unpaired) electrons. The lowest BCUT2D eigenvalue weighted by atomic mass is 9.75. The van der Waals surface area contributed by atoms with E-state index in [0.29, 0.717) is 0 Å². The molecule has 3 heteroatoms. The lowest BCUT2D eigenvalue weighted by molar-refractivity contribution is -0.0367. The van der Waals surface area contributed by atoms with E-state index in [1.807, 2.05) is 20.8 Å². The summed E-state index contributed by atoms with van der Waals surface area (Å²) in [5, 5.41) is 0. The van der Waals surface area contributed by atoms with Crippen LogP contribution in [0.3, 0.4) is 0 Å². The molecular weight excluding hydrogens is 300 g/mol. The van der Waals surface area contributed by atoms with Gasteiger partial charge in [0.1, 0.15) is 6.10 Å². The lowest BCUT2D eigenvalue weighted by Gasteiger charge is -2.35. The third-order valence-corrected chi connectivity index (χ3v) is 5.04. The molecule has 2 unspecified atom stereocenters. The van der Waals surface area contributed by atoms with E-state index < -0.39 is 6.16 Å². The minimum atomic E-state index is -0.525. The summed E-state index contributed by atoms with van der Waals surface area (Å²) in [6.07, 6.45) is 12.9. The van der Waals surface area contributed by atoms with E-state index in [2.05, 4.69) is 20.8 Å². The zero-order valence-corrected chi connectivity index (χ0v) is 17.2. The Kier molecular flexibility index (Phi) is 13.1. The van der Waals surface area contributed by atoms with Gasteiger partial charge in [0.15, 0.2) is 0 Å². The minimum Gasteiger partial charge on any atom is -0.432 e. The molecule has 3 nitrogen and oxygen atoms in total. The topological polar surface area (TPSA) is 35.5 Å². The first kappa shape index (κ1) is 23.3. The van der Waals surface area contributed by atoms with Crippen LogP contribution in [0.15, 0.2) is 0 Å². The van der Waals surface area contributed by atoms with Crippen molar-refractivity contribution in [2.45, 2.75) is 124 Å². The van der Waals surface area contributed by atoms with E-state index in [1.165, 1.54) is 57.8 Å². The van der Waals surface area contributed by atoms with Gasteiger partial charge in [-0.3, -0.25) is 0 Å². The molecule has 0 aliphatic rings. The van der Waals surface area contributed by atoms with Crippen molar-refractivity contribution in [3.63, 3.8) is 0 Å². The summed E-state index contributed by atoms with van der Waals surface area (Å²) in [5.74, 6) is 0. The zero-order chi connectivity index (χ0) is 18.4. The second-order valence-corrected chi connectivity index (χ2v) is 7.81. The van der Waals surface area contributed by atoms with Crippen LogP contribution in [-0.2, 0) is 9.47 Å². The summed E-state index contributed by atoms with van der Waals surface area (Å²) in [5.41, 5.74) is 0.0515. The summed E-state index contributed by atoms with van der Waals surface area (Å²) < 4.78 is 10.8. The predicted octanol–water partition coefficient (Wildman–Crippen LogP) is 7.27. The van der Waals surface area contributed by atoms with Crippen LogP contribution in [0.4, 0.5) is 4.79 Å². The van der Waals surface area contributed by atoms with Crippen molar-refractivity contribution in [2.75, 3.05) is 0 Å². The van der Waals surface area contributed by atoms with Crippen molar-refractivity contribution in [3.8, 4) is 0 Å². The molecule has 0 bridgehead atoms. The molecule has 0 fully saturated rings. The molecule has 0 rings (SSSR count). The number of carbonyl (C=O) groups excluding carboxylic acids is 1. The predicted molar refractivity (Wildman–Crippen MR) is 102 cm³/mol. The first-order valence-electron chi connectivity index (χ1n) is 10.2. The second-order valence-electron chi connectivity index (χ2n) is 7.81. The van der Waals surface area contributed by atoms with E-state index in [9.17, 15) is 4.79 Å². The number of unbranched alkanes of at least 4 members (excludes halogenated alkanes) is 7. The maximum atomic E-state index is 11.9. The van der Waals surface area contributed by atoms with Gasteiger partial charge in [0.05, 0.1) is 6.10 Å². The van der Waals surface area contributed by atoms with E-state index in [-0.39, 0.29) is 17.6 Å². The van der Waals surface area contributed by atoms with Crippen molar-refractivity contribution in [1.82, 2.24) is 0 Å². The molecule has 0 aromatic heterocycles. The standard InChI is InChI=1S/C21H42O3/c1-7-9-11-13-15-17-21(6,16-14-12-10-8-2)19(5)24-20(22)23-18(3)4/h18-19H,7-17H2,1-6H3. The van der Waals surface area contributed by atoms with Gasteiger partial charge in [-0.25, -0.2) is 4.79 Å². The molecule has 0 aromatic rings. The van der Waals surface area contributed by atoms with Crippen LogP contribution in [0.2, 0.25) is 0 Å². The fraction of sp³-hybridized carbons (Fsp3) is 0.952. The van der Waals surface area contributed by atoms with Crippen molar-refractivity contribution in [3.05, 3.63) is 0 Å². The highest BCUT2D eigenvalue weighted by molar-refractivity contribution is 5.60. The van der Waals surface area contributed by atoms with E-state index in [1.54, 1.807) is 0 Å². The smallest absolute Gasteiger partial charge is 0.432 e. The normalized spacial score (nSPS) is 15.1. The maximum Gasteiger partial charge on any atom is 0.508 e.